The van der Waals surface area contributed by atoms with E-state index in [0.717, 1.165) is 17.3 Å². The van der Waals surface area contributed by atoms with Crippen LogP contribution in [0.5, 0.6) is 0 Å². The number of amides is 2. The smallest absolute Gasteiger partial charge is 0.475 e. The normalized spacial score (nSPS) is 16.3. The molecule has 1 atom stereocenters. The van der Waals surface area contributed by atoms with Crippen LogP contribution in [-0.2, 0) is 26.8 Å². The predicted octanol–water partition coefficient (Wildman–Crippen LogP) is 2.16. The number of imidazole rings is 1. The Kier molecular flexibility index (Phi) is 7.59. The van der Waals surface area contributed by atoms with Gasteiger partial charge in [0.05, 0.1) is 0 Å². The Morgan fingerprint density at radius 2 is 1.84 bits per heavy atom. The number of rotatable bonds is 2. The van der Waals surface area contributed by atoms with Gasteiger partial charge in [0.25, 0.3) is 0 Å². The summed E-state index contributed by atoms with van der Waals surface area (Å²) in [4.78, 5) is 39.4. The summed E-state index contributed by atoms with van der Waals surface area (Å²) in [6, 6.07) is 0. The fraction of sp³-hybridized carbons (Fsp3) is 0.556. The second-order valence-corrected chi connectivity index (χ2v) is 9.03. The molecule has 1 unspecified atom stereocenters. The number of aromatic nitrogens is 4. The molecule has 10 nitrogen and oxygen atoms in total. The van der Waals surface area contributed by atoms with E-state index in [1.54, 1.807) is 11.1 Å². The van der Waals surface area contributed by atoms with E-state index in [-0.39, 0.29) is 11.3 Å². The number of alkyl halides is 3. The Hall–Kier alpha value is -3.03. The number of carbonyl (C=O) groups excluding carboxylic acids is 2. The van der Waals surface area contributed by atoms with Gasteiger partial charge in [-0.15, -0.1) is 10.2 Å². The Balaban J connectivity index is 0.000000451. The van der Waals surface area contributed by atoms with Gasteiger partial charge in [-0.2, -0.15) is 13.2 Å². The molecule has 0 aliphatic carbocycles. The molecule has 1 aliphatic heterocycles. The molecule has 1 fully saturated rings. The number of carboxylic acids is 1. The van der Waals surface area contributed by atoms with Crippen LogP contribution < -0.4 is 5.32 Å². The van der Waals surface area contributed by atoms with E-state index in [4.69, 9.17) is 9.90 Å². The molecular formula is C18H23F3N6O4S. The topological polar surface area (TPSA) is 130 Å². The molecule has 0 saturated carbocycles. The first-order chi connectivity index (χ1) is 14.7. The van der Waals surface area contributed by atoms with Crippen molar-refractivity contribution in [1.29, 1.82) is 0 Å². The molecule has 3 heterocycles. The van der Waals surface area contributed by atoms with Crippen LogP contribution in [0, 0.1) is 0 Å². The minimum absolute atomic E-state index is 0.144. The van der Waals surface area contributed by atoms with Crippen molar-refractivity contribution in [2.24, 2.45) is 7.05 Å². The number of carbonyl (C=O) groups is 3. The molecule has 1 saturated heterocycles. The van der Waals surface area contributed by atoms with Crippen molar-refractivity contribution >= 4 is 34.3 Å². The monoisotopic (exact) mass is 476 g/mol. The highest BCUT2D eigenvalue weighted by molar-refractivity contribution is 7.15. The molecule has 0 bridgehead atoms. The van der Waals surface area contributed by atoms with Crippen molar-refractivity contribution < 1.29 is 32.7 Å². The maximum absolute atomic E-state index is 12.4. The van der Waals surface area contributed by atoms with Crippen LogP contribution in [0.15, 0.2) is 12.4 Å². The Morgan fingerprint density at radius 1 is 1.22 bits per heavy atom. The van der Waals surface area contributed by atoms with E-state index in [2.05, 4.69) is 20.5 Å². The number of halogens is 3. The zero-order valence-electron chi connectivity index (χ0n) is 17.8. The Labute approximate surface area is 185 Å². The van der Waals surface area contributed by atoms with Gasteiger partial charge in [-0.25, -0.2) is 9.78 Å². The lowest BCUT2D eigenvalue weighted by Crippen LogP contribution is -2.38. The van der Waals surface area contributed by atoms with Crippen LogP contribution in [0.3, 0.4) is 0 Å². The number of hydrogen-bond donors (Lipinski definition) is 2. The van der Waals surface area contributed by atoms with Crippen LogP contribution in [0.2, 0.25) is 0 Å². The van der Waals surface area contributed by atoms with Gasteiger partial charge in [-0.3, -0.25) is 14.9 Å². The number of nitrogens with one attached hydrogen (secondary N) is 1. The molecule has 2 amide bonds. The molecule has 1 aliphatic rings. The van der Waals surface area contributed by atoms with E-state index < -0.39 is 24.0 Å². The van der Waals surface area contributed by atoms with Crippen molar-refractivity contribution in [2.75, 3.05) is 18.4 Å². The summed E-state index contributed by atoms with van der Waals surface area (Å²) in [5, 5.41) is 18.9. The third-order valence-electron chi connectivity index (χ3n) is 4.42. The fourth-order valence-corrected chi connectivity index (χ4v) is 3.59. The molecule has 2 N–H and O–H groups in total. The molecule has 176 valence electrons. The van der Waals surface area contributed by atoms with Crippen LogP contribution in [-0.4, -0.2) is 66.8 Å². The number of carboxylic acid groups (broad SMARTS) is 1. The average Bonchev–Trinajstić information content (AvgIpc) is 3.40. The predicted molar refractivity (Wildman–Crippen MR) is 108 cm³/mol. The molecule has 0 aromatic carbocycles. The van der Waals surface area contributed by atoms with E-state index in [1.165, 1.54) is 11.3 Å². The number of anilines is 1. The molecular weight excluding hydrogens is 453 g/mol. The lowest BCUT2D eigenvalue weighted by Gasteiger charge is -2.15. The first kappa shape index (κ1) is 25.2. The maximum Gasteiger partial charge on any atom is 0.490 e. The summed E-state index contributed by atoms with van der Waals surface area (Å²) in [6.45, 7) is 7.11. The van der Waals surface area contributed by atoms with E-state index in [9.17, 15) is 22.8 Å². The van der Waals surface area contributed by atoms with Crippen molar-refractivity contribution in [3.05, 3.63) is 23.2 Å². The van der Waals surface area contributed by atoms with Crippen molar-refractivity contribution in [2.45, 2.75) is 44.7 Å². The molecule has 0 spiro atoms. The average molecular weight is 476 g/mol. The van der Waals surface area contributed by atoms with E-state index in [0.29, 0.717) is 18.2 Å². The lowest BCUT2D eigenvalue weighted by atomic mass is 9.98. The highest BCUT2D eigenvalue weighted by Crippen LogP contribution is 2.28. The summed E-state index contributed by atoms with van der Waals surface area (Å²) < 4.78 is 33.7. The van der Waals surface area contributed by atoms with Gasteiger partial charge in [0.2, 0.25) is 5.13 Å². The quantitative estimate of drug-likeness (QED) is 0.635. The molecule has 32 heavy (non-hydrogen) atoms. The molecule has 3 rings (SSSR count). The number of hydrogen-bond acceptors (Lipinski definition) is 7. The van der Waals surface area contributed by atoms with Crippen LogP contribution in [0.25, 0.3) is 0 Å². The van der Waals surface area contributed by atoms with Gasteiger partial charge >= 0.3 is 24.0 Å². The van der Waals surface area contributed by atoms with Crippen LogP contribution >= 0.6 is 11.3 Å². The summed E-state index contributed by atoms with van der Waals surface area (Å²) in [7, 11) is 1.93. The van der Waals surface area contributed by atoms with Crippen LogP contribution in [0.4, 0.5) is 18.3 Å². The van der Waals surface area contributed by atoms with E-state index in [1.807, 2.05) is 38.6 Å². The summed E-state index contributed by atoms with van der Waals surface area (Å²) in [5.74, 6) is -2.87. The highest BCUT2D eigenvalue weighted by atomic mass is 32.1. The summed E-state index contributed by atoms with van der Waals surface area (Å²) in [6.07, 6.45) is -0.652. The van der Waals surface area contributed by atoms with Gasteiger partial charge in [-0.05, 0) is 6.42 Å². The van der Waals surface area contributed by atoms with Gasteiger partial charge < -0.3 is 14.6 Å². The second kappa shape index (κ2) is 9.63. The van der Waals surface area contributed by atoms with Crippen LogP contribution in [0.1, 0.15) is 43.9 Å². The first-order valence-corrected chi connectivity index (χ1v) is 10.2. The maximum atomic E-state index is 12.4. The summed E-state index contributed by atoms with van der Waals surface area (Å²) in [5.41, 5.74) is -0.144. The molecule has 0 radical (unpaired) electrons. The SMILES string of the molecule is Cn1ccnc1C1CCN(C(=O)C(=O)Nc2nnc(C(C)(C)C)s2)C1.O=C(O)C(F)(F)F. The minimum Gasteiger partial charge on any atom is -0.475 e. The van der Waals surface area contributed by atoms with Gasteiger partial charge in [0.15, 0.2) is 0 Å². The van der Waals surface area contributed by atoms with Crippen molar-refractivity contribution in [3.8, 4) is 0 Å². The zero-order chi connectivity index (χ0) is 24.3. The first-order valence-electron chi connectivity index (χ1n) is 9.41. The molecule has 2 aromatic heterocycles. The minimum atomic E-state index is -5.08. The standard InChI is InChI=1S/C16H22N6O2S.C2HF3O2/c1-16(2,3)14-19-20-15(25-14)18-12(23)13(24)22-7-5-10(9-22)11-17-6-8-21(11)4;3-2(4,5)1(6)7/h6,8,10H,5,7,9H2,1-4H3,(H,18,20,23);(H,6,7). The third kappa shape index (κ3) is 6.48. The number of nitrogens with zero attached hydrogens (tertiary/aromatic N) is 5. The molecule has 14 heteroatoms. The van der Waals surface area contributed by atoms with Crippen molar-refractivity contribution in [3.63, 3.8) is 0 Å². The number of likely N-dealkylation sites (tertiary alicyclic amines) is 1. The Bertz CT molecular complexity index is 982. The fourth-order valence-electron chi connectivity index (χ4n) is 2.80. The van der Waals surface area contributed by atoms with E-state index >= 15 is 0 Å². The highest BCUT2D eigenvalue weighted by Gasteiger charge is 2.38. The van der Waals surface area contributed by atoms with Gasteiger partial charge in [0.1, 0.15) is 10.8 Å². The Morgan fingerprint density at radius 3 is 2.31 bits per heavy atom. The number of aliphatic carboxylic acids is 1. The second-order valence-electron chi connectivity index (χ2n) is 8.05. The summed E-state index contributed by atoms with van der Waals surface area (Å²) >= 11 is 1.29. The van der Waals surface area contributed by atoms with Crippen molar-refractivity contribution in [1.82, 2.24) is 24.6 Å². The van der Waals surface area contributed by atoms with Gasteiger partial charge in [0, 0.05) is 43.9 Å². The molecule has 2 aromatic rings. The number of aryl methyl sites for hydroxylation is 1. The largest absolute Gasteiger partial charge is 0.490 e. The van der Waals surface area contributed by atoms with Gasteiger partial charge in [-0.1, -0.05) is 32.1 Å². The lowest BCUT2D eigenvalue weighted by molar-refractivity contribution is -0.192. The zero-order valence-corrected chi connectivity index (χ0v) is 18.6. The third-order valence-corrected chi connectivity index (χ3v) is 5.69.